The predicted octanol–water partition coefficient (Wildman–Crippen LogP) is 4.87. The summed E-state index contributed by atoms with van der Waals surface area (Å²) in [5.74, 6) is 1.09. The molecule has 0 aliphatic rings. The van der Waals surface area contributed by atoms with Crippen LogP contribution in [0.1, 0.15) is 57.2 Å². The molecule has 2 aromatic rings. The summed E-state index contributed by atoms with van der Waals surface area (Å²) < 4.78 is 0. The minimum atomic E-state index is 0.539. The summed E-state index contributed by atoms with van der Waals surface area (Å²) in [7, 11) is 0. The second-order valence-electron chi connectivity index (χ2n) is 5.12. The number of rotatable bonds is 3. The van der Waals surface area contributed by atoms with Crippen molar-refractivity contribution in [2.75, 3.05) is 0 Å². The quantitative estimate of drug-likeness (QED) is 0.728. The van der Waals surface area contributed by atoms with E-state index in [0.29, 0.717) is 11.8 Å². The SMILES string of the molecule is CCC(C)c1cc(C(C)C)c2ccccc2n1. The maximum absolute atomic E-state index is 4.79. The fraction of sp³-hybridized carbons (Fsp3) is 0.438. The monoisotopic (exact) mass is 227 g/mol. The van der Waals surface area contributed by atoms with Crippen molar-refractivity contribution >= 4 is 10.9 Å². The van der Waals surface area contributed by atoms with Crippen LogP contribution in [0.25, 0.3) is 10.9 Å². The third kappa shape index (κ3) is 2.33. The lowest BCUT2D eigenvalue weighted by Gasteiger charge is -2.15. The zero-order chi connectivity index (χ0) is 12.4. The van der Waals surface area contributed by atoms with Crippen LogP contribution in [0, 0.1) is 0 Å². The van der Waals surface area contributed by atoms with E-state index in [2.05, 4.69) is 58.0 Å². The Morgan fingerprint density at radius 3 is 2.47 bits per heavy atom. The van der Waals surface area contributed by atoms with E-state index >= 15 is 0 Å². The van der Waals surface area contributed by atoms with Gasteiger partial charge in [0.25, 0.3) is 0 Å². The van der Waals surface area contributed by atoms with Crippen molar-refractivity contribution in [3.05, 3.63) is 41.6 Å². The summed E-state index contributed by atoms with van der Waals surface area (Å²) in [4.78, 5) is 4.79. The molecule has 0 saturated heterocycles. The zero-order valence-electron chi connectivity index (χ0n) is 11.2. The van der Waals surface area contributed by atoms with E-state index < -0.39 is 0 Å². The van der Waals surface area contributed by atoms with Gasteiger partial charge < -0.3 is 0 Å². The van der Waals surface area contributed by atoms with Crippen molar-refractivity contribution in [2.24, 2.45) is 0 Å². The first-order chi connectivity index (χ1) is 8.13. The Bertz CT molecular complexity index is 514. The lowest BCUT2D eigenvalue weighted by Crippen LogP contribution is -2.00. The highest BCUT2D eigenvalue weighted by atomic mass is 14.7. The van der Waals surface area contributed by atoms with Gasteiger partial charge in [-0.3, -0.25) is 4.98 Å². The molecule has 0 spiro atoms. The molecule has 1 aromatic carbocycles. The first kappa shape index (κ1) is 12.1. The molecule has 90 valence electrons. The molecule has 1 atom stereocenters. The average Bonchev–Trinajstić information content (AvgIpc) is 2.36. The van der Waals surface area contributed by atoms with Gasteiger partial charge in [0, 0.05) is 11.1 Å². The van der Waals surface area contributed by atoms with Crippen molar-refractivity contribution in [1.82, 2.24) is 4.98 Å². The first-order valence-electron chi connectivity index (χ1n) is 6.53. The summed E-state index contributed by atoms with van der Waals surface area (Å²) in [6.45, 7) is 8.97. The van der Waals surface area contributed by atoms with Crippen LogP contribution in [0.5, 0.6) is 0 Å². The number of benzene rings is 1. The van der Waals surface area contributed by atoms with Gasteiger partial charge in [-0.05, 0) is 36.0 Å². The molecule has 0 fully saturated rings. The molecule has 0 amide bonds. The Morgan fingerprint density at radius 2 is 1.82 bits per heavy atom. The molecule has 0 radical (unpaired) electrons. The average molecular weight is 227 g/mol. The summed E-state index contributed by atoms with van der Waals surface area (Å²) in [5.41, 5.74) is 3.79. The molecule has 1 heteroatoms. The maximum atomic E-state index is 4.79. The van der Waals surface area contributed by atoms with Crippen LogP contribution in [-0.2, 0) is 0 Å². The van der Waals surface area contributed by atoms with Gasteiger partial charge in [-0.2, -0.15) is 0 Å². The number of pyridine rings is 1. The molecule has 17 heavy (non-hydrogen) atoms. The van der Waals surface area contributed by atoms with Gasteiger partial charge in [-0.25, -0.2) is 0 Å². The smallest absolute Gasteiger partial charge is 0.0708 e. The Morgan fingerprint density at radius 1 is 1.12 bits per heavy atom. The van der Waals surface area contributed by atoms with Crippen molar-refractivity contribution < 1.29 is 0 Å². The predicted molar refractivity (Wildman–Crippen MR) is 74.5 cm³/mol. The Hall–Kier alpha value is -1.37. The highest BCUT2D eigenvalue weighted by Gasteiger charge is 2.11. The Kier molecular flexibility index (Phi) is 3.46. The number of aromatic nitrogens is 1. The molecule has 0 bridgehead atoms. The van der Waals surface area contributed by atoms with Gasteiger partial charge in [-0.1, -0.05) is 45.9 Å². The third-order valence-corrected chi connectivity index (χ3v) is 3.51. The minimum Gasteiger partial charge on any atom is -0.253 e. The third-order valence-electron chi connectivity index (χ3n) is 3.51. The largest absolute Gasteiger partial charge is 0.253 e. The normalized spacial score (nSPS) is 13.2. The summed E-state index contributed by atoms with van der Waals surface area (Å²) in [6, 6.07) is 10.8. The molecule has 1 nitrogen and oxygen atoms in total. The van der Waals surface area contributed by atoms with E-state index in [4.69, 9.17) is 4.98 Å². The van der Waals surface area contributed by atoms with Crippen LogP contribution in [0.3, 0.4) is 0 Å². The summed E-state index contributed by atoms with van der Waals surface area (Å²) in [6.07, 6.45) is 1.14. The van der Waals surface area contributed by atoms with Crippen LogP contribution >= 0.6 is 0 Å². The van der Waals surface area contributed by atoms with Gasteiger partial charge in [0.1, 0.15) is 0 Å². The molecular weight excluding hydrogens is 206 g/mol. The van der Waals surface area contributed by atoms with Crippen LogP contribution in [-0.4, -0.2) is 4.98 Å². The maximum Gasteiger partial charge on any atom is 0.0708 e. The molecule has 1 unspecified atom stereocenters. The van der Waals surface area contributed by atoms with Crippen molar-refractivity contribution in [1.29, 1.82) is 0 Å². The molecule has 0 aliphatic heterocycles. The van der Waals surface area contributed by atoms with Gasteiger partial charge in [0.05, 0.1) is 5.52 Å². The highest BCUT2D eigenvalue weighted by molar-refractivity contribution is 5.82. The van der Waals surface area contributed by atoms with Crippen molar-refractivity contribution in [3.8, 4) is 0 Å². The molecular formula is C16H21N. The number of hydrogen-bond donors (Lipinski definition) is 0. The Labute approximate surface area is 104 Å². The molecule has 2 rings (SSSR count). The van der Waals surface area contributed by atoms with Crippen LogP contribution in [0.4, 0.5) is 0 Å². The number of hydrogen-bond acceptors (Lipinski definition) is 1. The second-order valence-corrected chi connectivity index (χ2v) is 5.12. The fourth-order valence-electron chi connectivity index (χ4n) is 2.16. The second kappa shape index (κ2) is 4.87. The first-order valence-corrected chi connectivity index (χ1v) is 6.53. The van der Waals surface area contributed by atoms with Gasteiger partial charge in [0.15, 0.2) is 0 Å². The summed E-state index contributed by atoms with van der Waals surface area (Å²) >= 11 is 0. The lowest BCUT2D eigenvalue weighted by atomic mass is 9.94. The topological polar surface area (TPSA) is 12.9 Å². The molecule has 0 aliphatic carbocycles. The fourth-order valence-corrected chi connectivity index (χ4v) is 2.16. The van der Waals surface area contributed by atoms with Gasteiger partial charge in [0.2, 0.25) is 0 Å². The number of fused-ring (bicyclic) bond motifs is 1. The van der Waals surface area contributed by atoms with Gasteiger partial charge >= 0.3 is 0 Å². The Balaban J connectivity index is 2.67. The lowest BCUT2D eigenvalue weighted by molar-refractivity contribution is 0.707. The molecule has 0 saturated carbocycles. The standard InChI is InChI=1S/C16H21N/c1-5-12(4)16-10-14(11(2)3)13-8-6-7-9-15(13)17-16/h6-12H,5H2,1-4H3. The van der Waals surface area contributed by atoms with E-state index in [1.807, 2.05) is 0 Å². The van der Waals surface area contributed by atoms with Crippen LogP contribution < -0.4 is 0 Å². The zero-order valence-corrected chi connectivity index (χ0v) is 11.2. The molecule has 0 N–H and O–H groups in total. The van der Waals surface area contributed by atoms with Crippen LogP contribution in [0.15, 0.2) is 30.3 Å². The molecule has 1 heterocycles. The van der Waals surface area contributed by atoms with E-state index in [-0.39, 0.29) is 0 Å². The van der Waals surface area contributed by atoms with Gasteiger partial charge in [-0.15, -0.1) is 0 Å². The number of nitrogens with zero attached hydrogens (tertiary/aromatic N) is 1. The highest BCUT2D eigenvalue weighted by Crippen LogP contribution is 2.28. The minimum absolute atomic E-state index is 0.539. The van der Waals surface area contributed by atoms with E-state index in [0.717, 1.165) is 11.9 Å². The van der Waals surface area contributed by atoms with Crippen LogP contribution in [0.2, 0.25) is 0 Å². The molecule has 1 aromatic heterocycles. The van der Waals surface area contributed by atoms with E-state index in [9.17, 15) is 0 Å². The van der Waals surface area contributed by atoms with Crippen molar-refractivity contribution in [2.45, 2.75) is 46.0 Å². The summed E-state index contributed by atoms with van der Waals surface area (Å²) in [5, 5.41) is 1.30. The van der Waals surface area contributed by atoms with Crippen molar-refractivity contribution in [3.63, 3.8) is 0 Å². The van der Waals surface area contributed by atoms with E-state index in [1.165, 1.54) is 16.6 Å². The number of para-hydroxylation sites is 1. The van der Waals surface area contributed by atoms with E-state index in [1.54, 1.807) is 0 Å².